The fourth-order valence-electron chi connectivity index (χ4n) is 9.16. The first-order valence-electron chi connectivity index (χ1n) is 21.6. The monoisotopic (exact) mass is 832 g/mol. The van der Waals surface area contributed by atoms with Gasteiger partial charge in [-0.3, -0.25) is 9.59 Å². The third kappa shape index (κ3) is 11.0. The maximum Gasteiger partial charge on any atom is 0.224 e. The average Bonchev–Trinajstić information content (AvgIpc) is 3.38. The Hall–Kier alpha value is -4.63. The summed E-state index contributed by atoms with van der Waals surface area (Å²) in [7, 11) is -3.42. The zero-order valence-corrected chi connectivity index (χ0v) is 39.0. The smallest absolute Gasteiger partial charge is 0.224 e. The molecule has 0 bridgehead atoms. The van der Waals surface area contributed by atoms with Crippen LogP contribution >= 0.6 is 0 Å². The van der Waals surface area contributed by atoms with Crippen molar-refractivity contribution in [2.24, 2.45) is 16.7 Å². The second-order valence-corrected chi connectivity index (χ2v) is 22.9. The molecule has 60 heavy (non-hydrogen) atoms. The molecule has 0 radical (unpaired) electrons. The molecular formula is C51H68N4O4S. The topological polar surface area (TPSA) is 98.8 Å². The van der Waals surface area contributed by atoms with E-state index in [1.807, 2.05) is 26.0 Å². The van der Waals surface area contributed by atoms with Gasteiger partial charge in [0.2, 0.25) is 11.8 Å². The number of sulfone groups is 1. The fraction of sp³-hybridized carbons (Fsp3) is 0.490. The van der Waals surface area contributed by atoms with E-state index < -0.39 is 9.84 Å². The minimum absolute atomic E-state index is 0.00270. The van der Waals surface area contributed by atoms with Gasteiger partial charge >= 0.3 is 0 Å². The molecule has 0 saturated carbocycles. The number of carbonyl (C=O) groups excluding carboxylic acids is 2. The summed E-state index contributed by atoms with van der Waals surface area (Å²) in [6.07, 6.45) is 4.46. The Morgan fingerprint density at radius 3 is 1.87 bits per heavy atom. The summed E-state index contributed by atoms with van der Waals surface area (Å²) >= 11 is 0. The number of carbonyl (C=O) groups is 2. The molecule has 1 unspecified atom stereocenters. The number of benzene rings is 4. The lowest BCUT2D eigenvalue weighted by Crippen LogP contribution is -2.30. The van der Waals surface area contributed by atoms with E-state index in [4.69, 9.17) is 0 Å². The van der Waals surface area contributed by atoms with Crippen LogP contribution < -0.4 is 20.4 Å². The number of nitrogens with zero attached hydrogens (tertiary/aromatic N) is 2. The summed E-state index contributed by atoms with van der Waals surface area (Å²) in [5.41, 5.74) is 12.6. The van der Waals surface area contributed by atoms with Crippen molar-refractivity contribution in [1.29, 1.82) is 0 Å². The zero-order chi connectivity index (χ0) is 43.9. The van der Waals surface area contributed by atoms with Gasteiger partial charge in [0.05, 0.1) is 4.90 Å². The molecule has 2 aliphatic heterocycles. The van der Waals surface area contributed by atoms with Crippen molar-refractivity contribution in [3.8, 4) is 0 Å². The van der Waals surface area contributed by atoms with Gasteiger partial charge in [-0.2, -0.15) is 0 Å². The van der Waals surface area contributed by atoms with Crippen LogP contribution in [-0.2, 0) is 50.8 Å². The van der Waals surface area contributed by atoms with Crippen LogP contribution in [0.3, 0.4) is 0 Å². The molecule has 2 aliphatic rings. The summed E-state index contributed by atoms with van der Waals surface area (Å²) in [4.78, 5) is 31.9. The van der Waals surface area contributed by atoms with E-state index in [1.165, 1.54) is 17.4 Å². The molecule has 322 valence electrons. The van der Waals surface area contributed by atoms with Crippen molar-refractivity contribution in [3.63, 3.8) is 0 Å². The van der Waals surface area contributed by atoms with Gasteiger partial charge in [-0.15, -0.1) is 0 Å². The minimum Gasteiger partial charge on any atom is -0.367 e. The maximum absolute atomic E-state index is 13.7. The second kappa shape index (κ2) is 17.0. The molecule has 4 aromatic rings. The van der Waals surface area contributed by atoms with Crippen LogP contribution in [0.4, 0.5) is 22.7 Å². The van der Waals surface area contributed by atoms with Gasteiger partial charge in [-0.1, -0.05) is 85.7 Å². The highest BCUT2D eigenvalue weighted by molar-refractivity contribution is 7.90. The van der Waals surface area contributed by atoms with Crippen LogP contribution in [0, 0.1) is 37.5 Å². The van der Waals surface area contributed by atoms with Crippen molar-refractivity contribution in [2.75, 3.05) is 39.8 Å². The van der Waals surface area contributed by atoms with Crippen LogP contribution in [-0.4, -0.2) is 39.6 Å². The molecule has 6 rings (SSSR count). The number of rotatable bonds is 9. The van der Waals surface area contributed by atoms with E-state index >= 15 is 0 Å². The number of anilines is 4. The predicted octanol–water partition coefficient (Wildman–Crippen LogP) is 10.9. The Balaban J connectivity index is 1.42. The lowest BCUT2D eigenvalue weighted by Gasteiger charge is -2.30. The molecule has 0 spiro atoms. The highest BCUT2D eigenvalue weighted by Gasteiger charge is 2.31. The van der Waals surface area contributed by atoms with Crippen LogP contribution in [0.15, 0.2) is 71.6 Å². The van der Waals surface area contributed by atoms with E-state index in [1.54, 1.807) is 6.07 Å². The molecule has 2 heterocycles. The lowest BCUT2D eigenvalue weighted by atomic mass is 9.80. The Morgan fingerprint density at radius 1 is 0.717 bits per heavy atom. The van der Waals surface area contributed by atoms with E-state index in [9.17, 15) is 18.0 Å². The quantitative estimate of drug-likeness (QED) is 0.174. The largest absolute Gasteiger partial charge is 0.367 e. The van der Waals surface area contributed by atoms with Crippen molar-refractivity contribution < 1.29 is 18.0 Å². The van der Waals surface area contributed by atoms with Crippen LogP contribution in [0.1, 0.15) is 119 Å². The van der Waals surface area contributed by atoms with Gasteiger partial charge in [0.1, 0.15) is 0 Å². The summed E-state index contributed by atoms with van der Waals surface area (Å²) in [5, 5.41) is 6.56. The highest BCUT2D eigenvalue weighted by Crippen LogP contribution is 2.39. The summed E-state index contributed by atoms with van der Waals surface area (Å²) in [6.45, 7) is 26.4. The molecular weight excluding hydrogens is 765 g/mol. The molecule has 4 aromatic carbocycles. The Morgan fingerprint density at radius 2 is 1.27 bits per heavy atom. The van der Waals surface area contributed by atoms with Gasteiger partial charge in [0, 0.05) is 68.0 Å². The fourth-order valence-corrected chi connectivity index (χ4v) is 9.84. The Labute approximate surface area is 360 Å². The number of hydrogen-bond acceptors (Lipinski definition) is 6. The van der Waals surface area contributed by atoms with Gasteiger partial charge in [0.15, 0.2) is 9.84 Å². The van der Waals surface area contributed by atoms with E-state index in [0.29, 0.717) is 43.7 Å². The Bertz CT molecular complexity index is 2360. The van der Waals surface area contributed by atoms with Crippen LogP contribution in [0.25, 0.3) is 0 Å². The Kier molecular flexibility index (Phi) is 12.7. The van der Waals surface area contributed by atoms with E-state index in [-0.39, 0.29) is 34.0 Å². The summed E-state index contributed by atoms with van der Waals surface area (Å²) in [6, 6.07) is 23.2. The van der Waals surface area contributed by atoms with Crippen LogP contribution in [0.5, 0.6) is 0 Å². The third-order valence-electron chi connectivity index (χ3n) is 12.1. The van der Waals surface area contributed by atoms with Gasteiger partial charge in [0.25, 0.3) is 0 Å². The second-order valence-electron chi connectivity index (χ2n) is 20.9. The first-order chi connectivity index (χ1) is 27.8. The standard InChI is InChI=1S/C51H68N4O4S/c1-33-21-41(22-34(2)47(33)52-45(56)28-49(4,5)6)55-30-36(24-39-27-43(60(12,58)59)18-17-37(39)31-55)25-40-26-42(23-35(3)48(40)53-46(57)29-50(7,8)9)54-20-19-51(10,11)44-16-14-13-15-38(44)32-54/h13-18,21-23,26-27,36H,19-20,24-25,28-32H2,1-12H3,(H,52,56)(H,53,57). The van der Waals surface area contributed by atoms with Gasteiger partial charge < -0.3 is 20.4 Å². The van der Waals surface area contributed by atoms with Gasteiger partial charge in [-0.05, 0) is 143 Å². The van der Waals surface area contributed by atoms with Crippen molar-refractivity contribution in [1.82, 2.24) is 0 Å². The van der Waals surface area contributed by atoms with Crippen LogP contribution in [0.2, 0.25) is 0 Å². The third-order valence-corrected chi connectivity index (χ3v) is 13.2. The maximum atomic E-state index is 13.7. The number of fused-ring (bicyclic) bond motifs is 2. The molecule has 2 N–H and O–H groups in total. The molecule has 0 saturated heterocycles. The first-order valence-corrected chi connectivity index (χ1v) is 23.5. The molecule has 0 aromatic heterocycles. The van der Waals surface area contributed by atoms with E-state index in [2.05, 4.69) is 131 Å². The number of amides is 2. The van der Waals surface area contributed by atoms with Crippen molar-refractivity contribution >= 4 is 44.4 Å². The van der Waals surface area contributed by atoms with E-state index in [0.717, 1.165) is 75.6 Å². The lowest BCUT2D eigenvalue weighted by molar-refractivity contribution is -0.118. The SMILES string of the molecule is Cc1cc(N2Cc3ccc(S(C)(=O)=O)cc3CC(Cc3cc(N4CCC(C)(C)c5ccccc5C4)cc(C)c3NC(=O)CC(C)(C)C)C2)cc(C)c1NC(=O)CC(C)(C)C. The number of aryl methyl sites for hydroxylation is 3. The summed E-state index contributed by atoms with van der Waals surface area (Å²) in [5.74, 6) is 0.0729. The van der Waals surface area contributed by atoms with Crippen molar-refractivity contribution in [2.45, 2.75) is 132 Å². The molecule has 0 fully saturated rings. The predicted molar refractivity (Wildman–Crippen MR) is 249 cm³/mol. The molecule has 2 amide bonds. The minimum atomic E-state index is -3.42. The first kappa shape index (κ1) is 44.9. The number of hydrogen-bond donors (Lipinski definition) is 2. The molecule has 0 aliphatic carbocycles. The summed E-state index contributed by atoms with van der Waals surface area (Å²) < 4.78 is 25.7. The highest BCUT2D eigenvalue weighted by atomic mass is 32.2. The molecule has 1 atom stereocenters. The zero-order valence-electron chi connectivity index (χ0n) is 38.2. The molecule has 8 nitrogen and oxygen atoms in total. The molecule has 9 heteroatoms. The average molecular weight is 833 g/mol. The van der Waals surface area contributed by atoms with Crippen molar-refractivity contribution in [3.05, 3.63) is 111 Å². The normalized spacial score (nSPS) is 17.0. The van der Waals surface area contributed by atoms with Gasteiger partial charge in [-0.25, -0.2) is 8.42 Å². The number of nitrogens with one attached hydrogen (secondary N) is 2.